The summed E-state index contributed by atoms with van der Waals surface area (Å²) in [6.45, 7) is 0. The molecule has 0 saturated heterocycles. The Morgan fingerprint density at radius 2 is 1.94 bits per heavy atom. The van der Waals surface area contributed by atoms with Crippen LogP contribution in [0.1, 0.15) is 30.5 Å². The van der Waals surface area contributed by atoms with Crippen molar-refractivity contribution >= 4 is 22.6 Å². The van der Waals surface area contributed by atoms with Gasteiger partial charge in [-0.15, -0.1) is 0 Å². The molecule has 0 bridgehead atoms. The highest BCUT2D eigenvalue weighted by Crippen LogP contribution is 2.23. The van der Waals surface area contributed by atoms with Crippen LogP contribution >= 0.6 is 11.6 Å². The molecule has 0 spiro atoms. The summed E-state index contributed by atoms with van der Waals surface area (Å²) in [5.74, 6) is 0. The first-order valence-electron chi connectivity index (χ1n) is 5.77. The third-order valence-corrected chi connectivity index (χ3v) is 3.37. The maximum Gasteiger partial charge on any atom is 0.159 e. The molecule has 0 atom stereocenters. The third kappa shape index (κ3) is 1.78. The molecule has 3 rings (SSSR count). The van der Waals surface area contributed by atoms with E-state index in [-0.39, 0.29) is 0 Å². The molecule has 0 fully saturated rings. The van der Waals surface area contributed by atoms with Crippen molar-refractivity contribution in [3.8, 4) is 0 Å². The maximum atomic E-state index is 5.94. The molecule has 2 aromatic rings. The number of pyridine rings is 2. The summed E-state index contributed by atoms with van der Waals surface area (Å²) in [6.07, 6.45) is 7.73. The van der Waals surface area contributed by atoms with Gasteiger partial charge < -0.3 is 0 Å². The summed E-state index contributed by atoms with van der Waals surface area (Å²) in [4.78, 5) is 8.92. The van der Waals surface area contributed by atoms with Crippen molar-refractivity contribution in [2.75, 3.05) is 0 Å². The maximum absolute atomic E-state index is 5.94. The van der Waals surface area contributed by atoms with Crippen LogP contribution in [0.25, 0.3) is 11.0 Å². The number of rotatable bonds is 0. The first-order valence-corrected chi connectivity index (χ1v) is 6.15. The standard InChI is InChI=1S/C13H13ClN2/c14-11-7-10-6-9-4-2-1-3-5-12(9)16-13(10)15-8-11/h6-8H,1-5H2. The summed E-state index contributed by atoms with van der Waals surface area (Å²) < 4.78 is 0. The largest absolute Gasteiger partial charge is 0.235 e. The van der Waals surface area contributed by atoms with Gasteiger partial charge in [0.1, 0.15) is 0 Å². The molecule has 0 N–H and O–H groups in total. The number of halogens is 1. The molecule has 0 saturated carbocycles. The van der Waals surface area contributed by atoms with Crippen molar-refractivity contribution in [3.63, 3.8) is 0 Å². The molecule has 2 heterocycles. The second-order valence-electron chi connectivity index (χ2n) is 4.36. The number of aromatic nitrogens is 2. The molecule has 3 heteroatoms. The normalized spacial score (nSPS) is 15.8. The number of hydrogen-bond acceptors (Lipinski definition) is 2. The van der Waals surface area contributed by atoms with Crippen LogP contribution in [0.5, 0.6) is 0 Å². The van der Waals surface area contributed by atoms with E-state index >= 15 is 0 Å². The zero-order valence-corrected chi connectivity index (χ0v) is 9.80. The average molecular weight is 233 g/mol. The van der Waals surface area contributed by atoms with Gasteiger partial charge in [0.05, 0.1) is 5.02 Å². The van der Waals surface area contributed by atoms with Crippen LogP contribution in [0.2, 0.25) is 5.02 Å². The molecule has 0 radical (unpaired) electrons. The molecule has 0 aliphatic heterocycles. The summed E-state index contributed by atoms with van der Waals surface area (Å²) in [5.41, 5.74) is 3.44. The lowest BCUT2D eigenvalue weighted by atomic mass is 10.1. The summed E-state index contributed by atoms with van der Waals surface area (Å²) >= 11 is 5.94. The number of aryl methyl sites for hydroxylation is 2. The first kappa shape index (κ1) is 10.0. The van der Waals surface area contributed by atoms with E-state index < -0.39 is 0 Å². The lowest BCUT2D eigenvalue weighted by molar-refractivity contribution is 0.709. The molecule has 0 unspecified atom stereocenters. The molecule has 0 amide bonds. The fourth-order valence-corrected chi connectivity index (χ4v) is 2.50. The van der Waals surface area contributed by atoms with E-state index in [4.69, 9.17) is 11.6 Å². The van der Waals surface area contributed by atoms with Crippen molar-refractivity contribution in [1.29, 1.82) is 0 Å². The van der Waals surface area contributed by atoms with Gasteiger partial charge in [-0.05, 0) is 43.4 Å². The van der Waals surface area contributed by atoms with Gasteiger partial charge in [-0.1, -0.05) is 18.0 Å². The summed E-state index contributed by atoms with van der Waals surface area (Å²) in [5, 5.41) is 1.75. The van der Waals surface area contributed by atoms with Gasteiger partial charge in [0.2, 0.25) is 0 Å². The van der Waals surface area contributed by atoms with Gasteiger partial charge in [0, 0.05) is 17.3 Å². The second-order valence-corrected chi connectivity index (χ2v) is 4.79. The predicted octanol–water partition coefficient (Wildman–Crippen LogP) is 3.55. The second kappa shape index (κ2) is 4.02. The Hall–Kier alpha value is -1.15. The minimum atomic E-state index is 0.683. The van der Waals surface area contributed by atoms with Crippen molar-refractivity contribution in [3.05, 3.63) is 34.6 Å². The lowest BCUT2D eigenvalue weighted by Crippen LogP contribution is -1.97. The van der Waals surface area contributed by atoms with E-state index in [0.29, 0.717) is 5.02 Å². The van der Waals surface area contributed by atoms with Crippen LogP contribution < -0.4 is 0 Å². The molecule has 82 valence electrons. The van der Waals surface area contributed by atoms with Gasteiger partial charge in [-0.2, -0.15) is 0 Å². The molecule has 1 aliphatic rings. The van der Waals surface area contributed by atoms with E-state index in [2.05, 4.69) is 16.0 Å². The number of nitrogens with zero attached hydrogens (tertiary/aromatic N) is 2. The fraction of sp³-hybridized carbons (Fsp3) is 0.385. The van der Waals surface area contributed by atoms with Crippen LogP contribution in [0.3, 0.4) is 0 Å². The van der Waals surface area contributed by atoms with Gasteiger partial charge in [0.15, 0.2) is 5.65 Å². The van der Waals surface area contributed by atoms with Crippen LogP contribution in [-0.2, 0) is 12.8 Å². The molecular weight excluding hydrogens is 220 g/mol. The highest BCUT2D eigenvalue weighted by atomic mass is 35.5. The fourth-order valence-electron chi connectivity index (χ4n) is 2.34. The third-order valence-electron chi connectivity index (χ3n) is 3.16. The molecule has 2 nitrogen and oxygen atoms in total. The minimum Gasteiger partial charge on any atom is -0.235 e. The van der Waals surface area contributed by atoms with Crippen molar-refractivity contribution in [1.82, 2.24) is 9.97 Å². The Kier molecular flexibility index (Phi) is 2.52. The highest BCUT2D eigenvalue weighted by molar-refractivity contribution is 6.31. The van der Waals surface area contributed by atoms with Crippen LogP contribution in [-0.4, -0.2) is 9.97 Å². The molecule has 1 aliphatic carbocycles. The quantitative estimate of drug-likeness (QED) is 0.650. The SMILES string of the molecule is Clc1cnc2nc3c(cc2c1)CCCCC3. The van der Waals surface area contributed by atoms with Crippen LogP contribution in [0, 0.1) is 0 Å². The van der Waals surface area contributed by atoms with Gasteiger partial charge in [0.25, 0.3) is 0 Å². The Labute approximate surface area is 99.7 Å². The monoisotopic (exact) mass is 232 g/mol. The number of fused-ring (bicyclic) bond motifs is 2. The van der Waals surface area contributed by atoms with E-state index in [1.54, 1.807) is 6.20 Å². The van der Waals surface area contributed by atoms with E-state index in [1.807, 2.05) is 6.07 Å². The van der Waals surface area contributed by atoms with Crippen LogP contribution in [0.15, 0.2) is 18.3 Å². The van der Waals surface area contributed by atoms with Gasteiger partial charge in [-0.3, -0.25) is 0 Å². The van der Waals surface area contributed by atoms with Crippen molar-refractivity contribution in [2.24, 2.45) is 0 Å². The predicted molar refractivity (Wildman–Crippen MR) is 65.8 cm³/mol. The number of hydrogen-bond donors (Lipinski definition) is 0. The Morgan fingerprint density at radius 1 is 1.06 bits per heavy atom. The Balaban J connectivity index is 2.20. The Bertz CT molecular complexity index is 537. The topological polar surface area (TPSA) is 25.8 Å². The van der Waals surface area contributed by atoms with E-state index in [9.17, 15) is 0 Å². The average Bonchev–Trinajstić information content (AvgIpc) is 2.50. The van der Waals surface area contributed by atoms with Gasteiger partial charge in [-0.25, -0.2) is 9.97 Å². The lowest BCUT2D eigenvalue weighted by Gasteiger charge is -2.06. The minimum absolute atomic E-state index is 0.683. The molecule has 2 aromatic heterocycles. The zero-order chi connectivity index (χ0) is 11.0. The Morgan fingerprint density at radius 3 is 2.88 bits per heavy atom. The smallest absolute Gasteiger partial charge is 0.159 e. The zero-order valence-electron chi connectivity index (χ0n) is 9.04. The molecule has 0 aromatic carbocycles. The summed E-state index contributed by atoms with van der Waals surface area (Å²) in [6, 6.07) is 4.16. The molecular formula is C13H13ClN2. The molecule has 16 heavy (non-hydrogen) atoms. The van der Waals surface area contributed by atoms with Crippen molar-refractivity contribution < 1.29 is 0 Å². The van der Waals surface area contributed by atoms with Crippen molar-refractivity contribution in [2.45, 2.75) is 32.1 Å². The van der Waals surface area contributed by atoms with Gasteiger partial charge >= 0.3 is 0 Å². The summed E-state index contributed by atoms with van der Waals surface area (Å²) in [7, 11) is 0. The van der Waals surface area contributed by atoms with E-state index in [0.717, 1.165) is 23.9 Å². The first-order chi connectivity index (χ1) is 7.83. The van der Waals surface area contributed by atoms with E-state index in [1.165, 1.54) is 30.5 Å². The van der Waals surface area contributed by atoms with Crippen LogP contribution in [0.4, 0.5) is 0 Å². The highest BCUT2D eigenvalue weighted by Gasteiger charge is 2.11.